The van der Waals surface area contributed by atoms with E-state index >= 15 is 0 Å². The largest absolute Gasteiger partial charge is 0.352 e. The maximum Gasteiger partial charge on any atom is 0.140 e. The highest BCUT2D eigenvalue weighted by molar-refractivity contribution is 6.31. The van der Waals surface area contributed by atoms with Crippen LogP contribution in [0.25, 0.3) is 10.9 Å². The predicted octanol–water partition coefficient (Wildman–Crippen LogP) is 2.65. The fraction of sp³-hybridized carbons (Fsp3) is 0.214. The predicted molar refractivity (Wildman–Crippen MR) is 79.9 cm³/mol. The molecule has 3 rings (SSSR count). The monoisotopic (exact) mass is 287 g/mol. The second-order valence-corrected chi connectivity index (χ2v) is 5.11. The topological polar surface area (TPSA) is 46.8 Å². The van der Waals surface area contributed by atoms with Crippen molar-refractivity contribution >= 4 is 28.3 Å². The molecule has 0 atom stereocenters. The molecule has 3 aromatic rings. The zero-order valence-corrected chi connectivity index (χ0v) is 12.0. The van der Waals surface area contributed by atoms with Crippen LogP contribution < -0.4 is 4.90 Å². The fourth-order valence-corrected chi connectivity index (χ4v) is 2.32. The molecular formula is C14H14ClN5. The summed E-state index contributed by atoms with van der Waals surface area (Å²) < 4.78 is 2.00. The molecule has 0 saturated carbocycles. The number of aryl methyl sites for hydroxylation is 1. The Bertz CT molecular complexity index is 752. The van der Waals surface area contributed by atoms with Crippen LogP contribution in [0.4, 0.5) is 5.82 Å². The van der Waals surface area contributed by atoms with Gasteiger partial charge in [-0.2, -0.15) is 0 Å². The van der Waals surface area contributed by atoms with Crippen molar-refractivity contribution in [3.63, 3.8) is 0 Å². The summed E-state index contributed by atoms with van der Waals surface area (Å²) in [5, 5.41) is 1.66. The number of rotatable bonds is 3. The summed E-state index contributed by atoms with van der Waals surface area (Å²) in [6, 6.07) is 5.64. The molecule has 0 radical (unpaired) electrons. The lowest BCUT2D eigenvalue weighted by Crippen LogP contribution is -2.20. The Kier molecular flexibility index (Phi) is 3.28. The van der Waals surface area contributed by atoms with Crippen LogP contribution in [0, 0.1) is 0 Å². The van der Waals surface area contributed by atoms with Crippen LogP contribution in [0.1, 0.15) is 5.82 Å². The Morgan fingerprint density at radius 3 is 2.85 bits per heavy atom. The molecule has 0 saturated heterocycles. The van der Waals surface area contributed by atoms with Gasteiger partial charge in [0.05, 0.1) is 12.1 Å². The number of benzene rings is 1. The second kappa shape index (κ2) is 5.09. The van der Waals surface area contributed by atoms with Crippen molar-refractivity contribution in [2.45, 2.75) is 6.54 Å². The number of fused-ring (bicyclic) bond motifs is 1. The third kappa shape index (κ3) is 2.32. The van der Waals surface area contributed by atoms with Crippen LogP contribution in [0.5, 0.6) is 0 Å². The molecule has 102 valence electrons. The molecule has 5 nitrogen and oxygen atoms in total. The molecule has 0 fully saturated rings. The average Bonchev–Trinajstić information content (AvgIpc) is 2.83. The highest BCUT2D eigenvalue weighted by Gasteiger charge is 2.11. The zero-order chi connectivity index (χ0) is 14.1. The van der Waals surface area contributed by atoms with Gasteiger partial charge >= 0.3 is 0 Å². The lowest BCUT2D eigenvalue weighted by molar-refractivity contribution is 0.756. The van der Waals surface area contributed by atoms with Gasteiger partial charge in [-0.3, -0.25) is 0 Å². The highest BCUT2D eigenvalue weighted by atomic mass is 35.5. The van der Waals surface area contributed by atoms with Gasteiger partial charge in [0.2, 0.25) is 0 Å². The van der Waals surface area contributed by atoms with Crippen molar-refractivity contribution in [3.8, 4) is 0 Å². The Hall–Kier alpha value is -2.14. The van der Waals surface area contributed by atoms with E-state index in [9.17, 15) is 0 Å². The maximum absolute atomic E-state index is 6.00. The molecule has 0 spiro atoms. The molecule has 1 aromatic carbocycles. The first-order valence-electron chi connectivity index (χ1n) is 6.23. The van der Waals surface area contributed by atoms with Crippen molar-refractivity contribution in [2.75, 3.05) is 11.9 Å². The van der Waals surface area contributed by atoms with Crippen LogP contribution >= 0.6 is 11.6 Å². The summed E-state index contributed by atoms with van der Waals surface area (Å²) in [4.78, 5) is 15.0. The number of imidazole rings is 1. The molecule has 6 heteroatoms. The number of nitrogens with zero attached hydrogens (tertiary/aromatic N) is 5. The molecular weight excluding hydrogens is 274 g/mol. The Morgan fingerprint density at radius 1 is 1.25 bits per heavy atom. The smallest absolute Gasteiger partial charge is 0.140 e. The van der Waals surface area contributed by atoms with E-state index in [4.69, 9.17) is 11.6 Å². The lowest BCUT2D eigenvalue weighted by atomic mass is 10.2. The first-order chi connectivity index (χ1) is 9.65. The molecule has 2 aromatic heterocycles. The Labute approximate surface area is 121 Å². The van der Waals surface area contributed by atoms with E-state index < -0.39 is 0 Å². The van der Waals surface area contributed by atoms with Gasteiger partial charge in [0.1, 0.15) is 18.0 Å². The molecule has 20 heavy (non-hydrogen) atoms. The minimum atomic E-state index is 0.675. The van der Waals surface area contributed by atoms with E-state index in [1.165, 1.54) is 0 Å². The molecule has 0 aliphatic carbocycles. The van der Waals surface area contributed by atoms with Crippen LogP contribution in [0.15, 0.2) is 36.9 Å². The highest BCUT2D eigenvalue weighted by Crippen LogP contribution is 2.25. The SMILES string of the molecule is CN(Cc1nccn1C)c1ncnc2cc(Cl)ccc12. The van der Waals surface area contributed by atoms with Gasteiger partial charge in [0.25, 0.3) is 0 Å². The van der Waals surface area contributed by atoms with Crippen molar-refractivity contribution in [2.24, 2.45) is 7.05 Å². The van der Waals surface area contributed by atoms with Gasteiger partial charge in [0.15, 0.2) is 0 Å². The van der Waals surface area contributed by atoms with Crippen LogP contribution in [-0.4, -0.2) is 26.6 Å². The molecule has 0 unspecified atom stereocenters. The second-order valence-electron chi connectivity index (χ2n) is 4.67. The molecule has 0 amide bonds. The van der Waals surface area contributed by atoms with Crippen LogP contribution in [0.2, 0.25) is 5.02 Å². The Morgan fingerprint density at radius 2 is 2.10 bits per heavy atom. The molecule has 0 N–H and O–H groups in total. The van der Waals surface area contributed by atoms with Gasteiger partial charge < -0.3 is 9.47 Å². The van der Waals surface area contributed by atoms with Gasteiger partial charge in [-0.15, -0.1) is 0 Å². The first kappa shape index (κ1) is 12.9. The normalized spacial score (nSPS) is 10.9. The number of aromatic nitrogens is 4. The molecule has 0 aliphatic rings. The number of hydrogen-bond acceptors (Lipinski definition) is 4. The van der Waals surface area contributed by atoms with E-state index in [0.717, 1.165) is 22.5 Å². The third-order valence-corrected chi connectivity index (χ3v) is 3.47. The first-order valence-corrected chi connectivity index (χ1v) is 6.60. The number of halogens is 1. The van der Waals surface area contributed by atoms with Crippen LogP contribution in [0.3, 0.4) is 0 Å². The fourth-order valence-electron chi connectivity index (χ4n) is 2.16. The zero-order valence-electron chi connectivity index (χ0n) is 11.3. The summed E-state index contributed by atoms with van der Waals surface area (Å²) >= 11 is 6.00. The van der Waals surface area contributed by atoms with Crippen molar-refractivity contribution in [3.05, 3.63) is 47.8 Å². The van der Waals surface area contributed by atoms with Crippen LogP contribution in [-0.2, 0) is 13.6 Å². The van der Waals surface area contributed by atoms with Gasteiger partial charge in [-0.25, -0.2) is 15.0 Å². The van der Waals surface area contributed by atoms with E-state index in [-0.39, 0.29) is 0 Å². The number of hydrogen-bond donors (Lipinski definition) is 0. The average molecular weight is 288 g/mol. The van der Waals surface area contributed by atoms with E-state index in [1.54, 1.807) is 12.5 Å². The minimum absolute atomic E-state index is 0.675. The minimum Gasteiger partial charge on any atom is -0.352 e. The van der Waals surface area contributed by atoms with Gasteiger partial charge in [-0.05, 0) is 18.2 Å². The third-order valence-electron chi connectivity index (χ3n) is 3.24. The van der Waals surface area contributed by atoms with E-state index in [1.807, 2.05) is 43.1 Å². The van der Waals surface area contributed by atoms with Crippen molar-refractivity contribution < 1.29 is 0 Å². The molecule has 0 bridgehead atoms. The maximum atomic E-state index is 6.00. The molecule has 2 heterocycles. The van der Waals surface area contributed by atoms with Gasteiger partial charge in [0, 0.05) is 36.9 Å². The number of anilines is 1. The van der Waals surface area contributed by atoms with Crippen molar-refractivity contribution in [1.82, 2.24) is 19.5 Å². The summed E-state index contributed by atoms with van der Waals surface area (Å²) in [6.45, 7) is 0.679. The van der Waals surface area contributed by atoms with E-state index in [2.05, 4.69) is 19.9 Å². The van der Waals surface area contributed by atoms with E-state index in [0.29, 0.717) is 11.6 Å². The van der Waals surface area contributed by atoms with Gasteiger partial charge in [-0.1, -0.05) is 11.6 Å². The Balaban J connectivity index is 1.99. The standard InChI is InChI=1S/C14H14ClN5/c1-19-6-5-16-13(19)8-20(2)14-11-4-3-10(15)7-12(11)17-9-18-14/h3-7,9H,8H2,1-2H3. The summed E-state index contributed by atoms with van der Waals surface area (Å²) in [5.41, 5.74) is 0.842. The van der Waals surface area contributed by atoms with Crippen molar-refractivity contribution in [1.29, 1.82) is 0 Å². The summed E-state index contributed by atoms with van der Waals surface area (Å²) in [6.07, 6.45) is 5.28. The quantitative estimate of drug-likeness (QED) is 0.743. The lowest BCUT2D eigenvalue weighted by Gasteiger charge is -2.19. The molecule has 0 aliphatic heterocycles. The summed E-state index contributed by atoms with van der Waals surface area (Å²) in [5.74, 6) is 1.85. The summed E-state index contributed by atoms with van der Waals surface area (Å²) in [7, 11) is 3.97.